The average molecular weight is 506 g/mol. The number of sulfonamides is 1. The summed E-state index contributed by atoms with van der Waals surface area (Å²) >= 11 is 1.58. The first-order valence-corrected chi connectivity index (χ1v) is 12.7. The van der Waals surface area contributed by atoms with Crippen LogP contribution in [0.3, 0.4) is 0 Å². The monoisotopic (exact) mass is 505 g/mol. The molecule has 11 heteroatoms. The molecule has 1 fully saturated rings. The van der Waals surface area contributed by atoms with Gasteiger partial charge in [0.25, 0.3) is 0 Å². The molecule has 0 bridgehead atoms. The minimum Gasteiger partial charge on any atom is -0.325 e. The maximum atomic E-state index is 13.0. The first-order valence-electron chi connectivity index (χ1n) is 10.3. The lowest BCUT2D eigenvalue weighted by Gasteiger charge is -2.31. The highest BCUT2D eigenvalue weighted by Gasteiger charge is 2.34. The summed E-state index contributed by atoms with van der Waals surface area (Å²) in [6, 6.07) is 8.97. The number of carbonyl (C=O) groups is 1. The highest BCUT2D eigenvalue weighted by atomic mass is 35.5. The van der Waals surface area contributed by atoms with Crippen LogP contribution in [0.25, 0.3) is 11.3 Å². The molecule has 1 saturated heterocycles. The molecule has 8 nitrogen and oxygen atoms in total. The second-order valence-electron chi connectivity index (χ2n) is 8.10. The van der Waals surface area contributed by atoms with Gasteiger partial charge < -0.3 is 10.2 Å². The summed E-state index contributed by atoms with van der Waals surface area (Å²) in [6.07, 6.45) is 1.36. The summed E-state index contributed by atoms with van der Waals surface area (Å²) in [5, 5.41) is 5.87. The Morgan fingerprint density at radius 2 is 1.88 bits per heavy atom. The zero-order valence-electron chi connectivity index (χ0n) is 18.2. The summed E-state index contributed by atoms with van der Waals surface area (Å²) in [5.74, 6) is -0.765. The number of fused-ring (bicyclic) bond motifs is 1. The number of likely N-dealkylation sites (N-methyl/N-ethyl adjacent to an activating group) is 1. The highest BCUT2D eigenvalue weighted by molar-refractivity contribution is 7.89. The number of nitrogens with zero attached hydrogens (tertiary/aromatic N) is 4. The van der Waals surface area contributed by atoms with Gasteiger partial charge in [0.15, 0.2) is 0 Å². The molecule has 2 aromatic heterocycles. The third kappa shape index (κ3) is 4.41. The van der Waals surface area contributed by atoms with Gasteiger partial charge in [-0.3, -0.25) is 9.78 Å². The van der Waals surface area contributed by atoms with E-state index in [9.17, 15) is 13.2 Å². The third-order valence-corrected chi connectivity index (χ3v) is 8.61. The Morgan fingerprint density at radius 3 is 2.52 bits per heavy atom. The van der Waals surface area contributed by atoms with Gasteiger partial charge in [-0.2, -0.15) is 4.31 Å². The molecule has 1 aromatic carbocycles. The van der Waals surface area contributed by atoms with Crippen molar-refractivity contribution in [3.8, 4) is 11.3 Å². The summed E-state index contributed by atoms with van der Waals surface area (Å²) in [4.78, 5) is 23.9. The van der Waals surface area contributed by atoms with Crippen molar-refractivity contribution in [1.82, 2.24) is 19.2 Å². The second-order valence-corrected chi connectivity index (χ2v) is 11.1. The molecule has 0 saturated carbocycles. The number of pyridine rings is 1. The second kappa shape index (κ2) is 9.11. The van der Waals surface area contributed by atoms with E-state index < -0.39 is 15.9 Å². The largest absolute Gasteiger partial charge is 0.325 e. The molecular formula is C22H24ClN5O3S2. The van der Waals surface area contributed by atoms with E-state index in [0.29, 0.717) is 31.9 Å². The smallest absolute Gasteiger partial charge is 0.244 e. The number of anilines is 1. The average Bonchev–Trinajstić information content (AvgIpc) is 3.36. The predicted octanol–water partition coefficient (Wildman–Crippen LogP) is 2.96. The summed E-state index contributed by atoms with van der Waals surface area (Å²) < 4.78 is 27.4. The summed E-state index contributed by atoms with van der Waals surface area (Å²) in [7, 11) is -1.63. The molecule has 1 amide bonds. The van der Waals surface area contributed by atoms with E-state index in [1.54, 1.807) is 23.5 Å². The Bertz CT molecular complexity index is 1290. The molecule has 1 N–H and O–H groups in total. The molecule has 0 aliphatic carbocycles. The van der Waals surface area contributed by atoms with Crippen molar-refractivity contribution in [3.63, 3.8) is 0 Å². The fourth-order valence-electron chi connectivity index (χ4n) is 4.10. The number of aromatic nitrogens is 2. The number of aryl methyl sites for hydroxylation is 1. The van der Waals surface area contributed by atoms with Crippen LogP contribution >= 0.6 is 23.7 Å². The van der Waals surface area contributed by atoms with Gasteiger partial charge in [-0.05, 0) is 43.8 Å². The molecular weight excluding hydrogens is 482 g/mol. The number of hydrogen-bond donors (Lipinski definition) is 1. The maximum absolute atomic E-state index is 13.0. The Labute approximate surface area is 203 Å². The van der Waals surface area contributed by atoms with E-state index in [4.69, 9.17) is 0 Å². The van der Waals surface area contributed by atoms with E-state index in [1.807, 2.05) is 37.6 Å². The number of benzene rings is 1. The quantitative estimate of drug-likeness (QED) is 0.585. The number of halogens is 1. The molecule has 5 rings (SSSR count). The standard InChI is InChI=1S/C22H23N5O3S2.ClH/c1-14-24-20(13-31-14)15-3-5-18-17(11-15)21(22(28)25-18)19-6-4-16(12-23-19)32(29,30)27-9-7-26(2)8-10-27;/h3-6,11-13,21H,7-10H2,1-2H3,(H,25,28);1H. The van der Waals surface area contributed by atoms with Gasteiger partial charge in [-0.25, -0.2) is 13.4 Å². The fraction of sp³-hybridized carbons (Fsp3) is 0.318. The molecule has 33 heavy (non-hydrogen) atoms. The molecule has 174 valence electrons. The topological polar surface area (TPSA) is 95.5 Å². The van der Waals surface area contributed by atoms with Crippen molar-refractivity contribution in [3.05, 3.63) is 58.2 Å². The van der Waals surface area contributed by atoms with E-state index in [-0.39, 0.29) is 23.2 Å². The highest BCUT2D eigenvalue weighted by Crippen LogP contribution is 2.39. The van der Waals surface area contributed by atoms with Crippen LogP contribution in [0, 0.1) is 6.92 Å². The third-order valence-electron chi connectivity index (χ3n) is 5.95. The van der Waals surface area contributed by atoms with Gasteiger partial charge in [0.1, 0.15) is 10.8 Å². The van der Waals surface area contributed by atoms with Crippen molar-refractivity contribution >= 4 is 45.4 Å². The molecule has 1 atom stereocenters. The normalized spacial score (nSPS) is 19.1. The van der Waals surface area contributed by atoms with Gasteiger partial charge in [0.2, 0.25) is 15.9 Å². The van der Waals surface area contributed by atoms with E-state index in [0.717, 1.165) is 27.5 Å². The minimum absolute atomic E-state index is 0. The predicted molar refractivity (Wildman–Crippen MR) is 131 cm³/mol. The number of thiazole rings is 1. The van der Waals surface area contributed by atoms with E-state index in [2.05, 4.69) is 20.2 Å². The molecule has 2 aliphatic heterocycles. The number of carbonyl (C=O) groups excluding carboxylic acids is 1. The van der Waals surface area contributed by atoms with Crippen LogP contribution in [-0.4, -0.2) is 66.7 Å². The molecule has 2 aliphatic rings. The van der Waals surface area contributed by atoms with Crippen molar-refractivity contribution < 1.29 is 13.2 Å². The molecule has 0 radical (unpaired) electrons. The van der Waals surface area contributed by atoms with Gasteiger partial charge in [0, 0.05) is 49.0 Å². The van der Waals surface area contributed by atoms with Crippen molar-refractivity contribution in [2.24, 2.45) is 0 Å². The van der Waals surface area contributed by atoms with Crippen molar-refractivity contribution in [2.45, 2.75) is 17.7 Å². The van der Waals surface area contributed by atoms with Gasteiger partial charge >= 0.3 is 0 Å². The van der Waals surface area contributed by atoms with E-state index in [1.165, 1.54) is 10.5 Å². The Kier molecular flexibility index (Phi) is 6.56. The van der Waals surface area contributed by atoms with Crippen LogP contribution in [0.4, 0.5) is 5.69 Å². The minimum atomic E-state index is -3.60. The first-order chi connectivity index (χ1) is 15.3. The summed E-state index contributed by atoms with van der Waals surface area (Å²) in [6.45, 7) is 4.27. The van der Waals surface area contributed by atoms with E-state index >= 15 is 0 Å². The number of amides is 1. The van der Waals surface area contributed by atoms with Crippen LogP contribution < -0.4 is 5.32 Å². The Morgan fingerprint density at radius 1 is 1.12 bits per heavy atom. The van der Waals surface area contributed by atoms with Gasteiger partial charge in [-0.15, -0.1) is 23.7 Å². The maximum Gasteiger partial charge on any atom is 0.244 e. The van der Waals surface area contributed by atoms with Crippen molar-refractivity contribution in [1.29, 1.82) is 0 Å². The fourth-order valence-corrected chi connectivity index (χ4v) is 6.09. The first kappa shape index (κ1) is 23.8. The van der Waals surface area contributed by atoms with Crippen LogP contribution in [0.15, 0.2) is 46.8 Å². The number of hydrogen-bond acceptors (Lipinski definition) is 7. The Hall–Kier alpha value is -2.37. The lowest BCUT2D eigenvalue weighted by molar-refractivity contribution is -0.116. The lowest BCUT2D eigenvalue weighted by atomic mass is 9.94. The molecule has 1 unspecified atom stereocenters. The zero-order valence-corrected chi connectivity index (χ0v) is 20.6. The molecule has 3 aromatic rings. The molecule has 4 heterocycles. The van der Waals surface area contributed by atoms with Gasteiger partial charge in [-0.1, -0.05) is 6.07 Å². The number of nitrogens with one attached hydrogen (secondary N) is 1. The van der Waals surface area contributed by atoms with Crippen LogP contribution in [-0.2, 0) is 14.8 Å². The van der Waals surface area contributed by atoms with Gasteiger partial charge in [0.05, 0.1) is 16.4 Å². The lowest BCUT2D eigenvalue weighted by Crippen LogP contribution is -2.47. The Balaban J connectivity index is 0.00000259. The summed E-state index contributed by atoms with van der Waals surface area (Å²) in [5.41, 5.74) is 3.89. The van der Waals surface area contributed by atoms with Crippen LogP contribution in [0.1, 0.15) is 22.2 Å². The zero-order chi connectivity index (χ0) is 22.5. The van der Waals surface area contributed by atoms with Crippen LogP contribution in [0.2, 0.25) is 0 Å². The number of piperazine rings is 1. The van der Waals surface area contributed by atoms with Crippen molar-refractivity contribution in [2.75, 3.05) is 38.5 Å². The number of rotatable bonds is 4. The SMILES string of the molecule is Cc1nc(-c2ccc3c(c2)C(c2ccc(S(=O)(=O)N4CCN(C)CC4)cn2)C(=O)N3)cs1.Cl. The van der Waals surface area contributed by atoms with Crippen LogP contribution in [0.5, 0.6) is 0 Å². The molecule has 0 spiro atoms.